The summed E-state index contributed by atoms with van der Waals surface area (Å²) in [6.45, 7) is 2.09. The Morgan fingerprint density at radius 3 is 2.19 bits per heavy atom. The SMILES string of the molecule is CCCOC(=O)OCOc1ccc(-c2ccc(C=CC(=O)O)cc2)cc1C12CC3CC(CC(C3)C1)C2. The molecule has 0 amide bonds. The summed E-state index contributed by atoms with van der Waals surface area (Å²) < 4.78 is 16.2. The van der Waals surface area contributed by atoms with Crippen LogP contribution in [0, 0.1) is 17.8 Å². The molecule has 0 heterocycles. The first kappa shape index (κ1) is 24.4. The maximum Gasteiger partial charge on any atom is 0.511 e. The summed E-state index contributed by atoms with van der Waals surface area (Å²) in [7, 11) is 0. The molecule has 0 spiro atoms. The van der Waals surface area contributed by atoms with Crippen molar-refractivity contribution in [2.75, 3.05) is 13.4 Å². The molecule has 4 saturated carbocycles. The van der Waals surface area contributed by atoms with Crippen LogP contribution in [-0.4, -0.2) is 30.6 Å². The Hall–Kier alpha value is -3.28. The van der Waals surface area contributed by atoms with E-state index in [9.17, 15) is 9.59 Å². The van der Waals surface area contributed by atoms with Gasteiger partial charge in [0.15, 0.2) is 0 Å². The third-order valence-electron chi connectivity index (χ3n) is 8.07. The van der Waals surface area contributed by atoms with Gasteiger partial charge in [-0.25, -0.2) is 9.59 Å². The van der Waals surface area contributed by atoms with Crippen LogP contribution in [0.2, 0.25) is 0 Å². The second kappa shape index (κ2) is 10.4. The van der Waals surface area contributed by atoms with Crippen LogP contribution < -0.4 is 4.74 Å². The fourth-order valence-electron chi connectivity index (χ4n) is 7.01. The average Bonchev–Trinajstić information content (AvgIpc) is 2.86. The highest BCUT2D eigenvalue weighted by atomic mass is 16.8. The van der Waals surface area contributed by atoms with Crippen molar-refractivity contribution in [2.24, 2.45) is 17.8 Å². The van der Waals surface area contributed by atoms with Gasteiger partial charge in [-0.1, -0.05) is 37.3 Å². The second-order valence-corrected chi connectivity index (χ2v) is 10.7. The summed E-state index contributed by atoms with van der Waals surface area (Å²) in [6, 6.07) is 14.2. The molecule has 0 atom stereocenters. The van der Waals surface area contributed by atoms with Crippen LogP contribution in [0.15, 0.2) is 48.5 Å². The van der Waals surface area contributed by atoms with Crippen molar-refractivity contribution in [3.05, 3.63) is 59.7 Å². The van der Waals surface area contributed by atoms with E-state index in [0.717, 1.165) is 52.7 Å². The molecule has 4 fully saturated rings. The quantitative estimate of drug-likeness (QED) is 0.236. The van der Waals surface area contributed by atoms with Gasteiger partial charge < -0.3 is 19.3 Å². The number of aliphatic carboxylic acids is 1. The van der Waals surface area contributed by atoms with Crippen LogP contribution in [0.3, 0.4) is 0 Å². The Labute approximate surface area is 212 Å². The molecule has 190 valence electrons. The Balaban J connectivity index is 1.42. The molecule has 0 aromatic heterocycles. The van der Waals surface area contributed by atoms with Gasteiger partial charge in [0.05, 0.1) is 6.61 Å². The Morgan fingerprint density at radius 2 is 1.58 bits per heavy atom. The van der Waals surface area contributed by atoms with Gasteiger partial charge in [0.1, 0.15) is 5.75 Å². The second-order valence-electron chi connectivity index (χ2n) is 10.7. The van der Waals surface area contributed by atoms with E-state index in [2.05, 4.69) is 6.07 Å². The van der Waals surface area contributed by atoms with Crippen LogP contribution >= 0.6 is 0 Å². The summed E-state index contributed by atoms with van der Waals surface area (Å²) in [6.07, 6.45) is 10.4. The first-order valence-corrected chi connectivity index (χ1v) is 13.0. The van der Waals surface area contributed by atoms with Crippen molar-refractivity contribution in [1.29, 1.82) is 0 Å². The summed E-state index contributed by atoms with van der Waals surface area (Å²) in [5.41, 5.74) is 4.34. The number of carboxylic acids is 1. The Bertz CT molecular complexity index is 1100. The fourth-order valence-corrected chi connectivity index (χ4v) is 7.01. The van der Waals surface area contributed by atoms with Crippen LogP contribution in [0.25, 0.3) is 17.2 Å². The molecule has 2 aromatic carbocycles. The van der Waals surface area contributed by atoms with Gasteiger partial charge in [0, 0.05) is 11.6 Å². The molecule has 4 aliphatic carbocycles. The minimum atomic E-state index is -0.961. The Kier molecular flexibility index (Phi) is 7.04. The molecular formula is C30H34O6. The minimum Gasteiger partial charge on any atom is -0.478 e. The largest absolute Gasteiger partial charge is 0.511 e. The number of hydrogen-bond acceptors (Lipinski definition) is 5. The highest BCUT2D eigenvalue weighted by molar-refractivity contribution is 5.85. The number of carbonyl (C=O) groups is 2. The van der Waals surface area contributed by atoms with Gasteiger partial charge in [-0.15, -0.1) is 0 Å². The van der Waals surface area contributed by atoms with Crippen molar-refractivity contribution in [3.63, 3.8) is 0 Å². The molecular weight excluding hydrogens is 456 g/mol. The molecule has 6 rings (SSSR count). The van der Waals surface area contributed by atoms with Gasteiger partial charge in [-0.05, 0) is 103 Å². The van der Waals surface area contributed by atoms with Crippen molar-refractivity contribution in [3.8, 4) is 16.9 Å². The first-order chi connectivity index (χ1) is 17.4. The van der Waals surface area contributed by atoms with E-state index in [1.807, 2.05) is 43.3 Å². The molecule has 6 heteroatoms. The molecule has 4 aliphatic rings. The lowest BCUT2D eigenvalue weighted by molar-refractivity contribution is -0.131. The van der Waals surface area contributed by atoms with E-state index < -0.39 is 12.1 Å². The third-order valence-corrected chi connectivity index (χ3v) is 8.07. The lowest BCUT2D eigenvalue weighted by Crippen LogP contribution is -2.48. The molecule has 36 heavy (non-hydrogen) atoms. The summed E-state index contributed by atoms with van der Waals surface area (Å²) >= 11 is 0. The smallest absolute Gasteiger partial charge is 0.478 e. The topological polar surface area (TPSA) is 82.1 Å². The third kappa shape index (κ3) is 5.28. The van der Waals surface area contributed by atoms with Crippen molar-refractivity contribution >= 4 is 18.2 Å². The van der Waals surface area contributed by atoms with Gasteiger partial charge >= 0.3 is 12.1 Å². The zero-order valence-corrected chi connectivity index (χ0v) is 20.8. The lowest BCUT2D eigenvalue weighted by Gasteiger charge is -2.57. The zero-order chi connectivity index (χ0) is 25.1. The van der Waals surface area contributed by atoms with E-state index in [1.54, 1.807) is 6.08 Å². The average molecular weight is 491 g/mol. The van der Waals surface area contributed by atoms with E-state index in [-0.39, 0.29) is 12.2 Å². The molecule has 6 nitrogen and oxygen atoms in total. The summed E-state index contributed by atoms with van der Waals surface area (Å²) in [4.78, 5) is 22.6. The van der Waals surface area contributed by atoms with Crippen molar-refractivity contribution in [1.82, 2.24) is 0 Å². The lowest BCUT2D eigenvalue weighted by atomic mass is 9.48. The molecule has 0 saturated heterocycles. The maximum atomic E-state index is 11.8. The standard InChI is InChI=1S/C30H34O6/c1-2-11-34-29(33)36-19-35-27-9-8-25(24-6-3-20(4-7-24)5-10-28(31)32)15-26(27)30-16-21-12-22(17-30)14-23(13-21)18-30/h3-10,15,21-23H,2,11-14,16-19H2,1H3,(H,31,32). The van der Waals surface area contributed by atoms with E-state index in [0.29, 0.717) is 6.61 Å². The van der Waals surface area contributed by atoms with Crippen molar-refractivity contribution < 1.29 is 28.9 Å². The molecule has 4 bridgehead atoms. The molecule has 1 N–H and O–H groups in total. The highest BCUT2D eigenvalue weighted by Gasteiger charge is 2.52. The number of ether oxygens (including phenoxy) is 3. The monoisotopic (exact) mass is 490 g/mol. The number of hydrogen-bond donors (Lipinski definition) is 1. The van der Waals surface area contributed by atoms with E-state index in [1.165, 1.54) is 44.1 Å². The molecule has 0 aliphatic heterocycles. The number of rotatable bonds is 9. The summed E-state index contributed by atoms with van der Waals surface area (Å²) in [5.74, 6) is 2.18. The first-order valence-electron chi connectivity index (χ1n) is 13.0. The van der Waals surface area contributed by atoms with Gasteiger partial charge in [0.2, 0.25) is 6.79 Å². The van der Waals surface area contributed by atoms with Crippen LogP contribution in [0.4, 0.5) is 4.79 Å². The van der Waals surface area contributed by atoms with Crippen LogP contribution in [0.1, 0.15) is 63.0 Å². The van der Waals surface area contributed by atoms with Gasteiger partial charge in [-0.3, -0.25) is 0 Å². The van der Waals surface area contributed by atoms with Crippen molar-refractivity contribution in [2.45, 2.75) is 57.3 Å². The van der Waals surface area contributed by atoms with E-state index >= 15 is 0 Å². The van der Waals surface area contributed by atoms with Crippen LogP contribution in [0.5, 0.6) is 5.75 Å². The van der Waals surface area contributed by atoms with Gasteiger partial charge in [0.25, 0.3) is 0 Å². The molecule has 0 unspecified atom stereocenters. The molecule has 2 aromatic rings. The normalized spacial score (nSPS) is 26.2. The Morgan fingerprint density at radius 1 is 0.944 bits per heavy atom. The predicted molar refractivity (Wildman–Crippen MR) is 137 cm³/mol. The zero-order valence-electron chi connectivity index (χ0n) is 20.8. The van der Waals surface area contributed by atoms with Gasteiger partial charge in [-0.2, -0.15) is 0 Å². The molecule has 0 radical (unpaired) electrons. The minimum absolute atomic E-state index is 0.104. The number of carboxylic acid groups (broad SMARTS) is 1. The predicted octanol–water partition coefficient (Wildman–Crippen LogP) is 6.82. The fraction of sp³-hybridized carbons (Fsp3) is 0.467. The highest BCUT2D eigenvalue weighted by Crippen LogP contribution is 2.62. The van der Waals surface area contributed by atoms with Crippen LogP contribution in [-0.2, 0) is 19.7 Å². The maximum absolute atomic E-state index is 11.8. The number of carbonyl (C=O) groups excluding carboxylic acids is 1. The number of benzene rings is 2. The van der Waals surface area contributed by atoms with E-state index in [4.69, 9.17) is 19.3 Å². The summed E-state index contributed by atoms with van der Waals surface area (Å²) in [5, 5.41) is 8.88.